The lowest BCUT2D eigenvalue weighted by atomic mass is 9.87. The third-order valence-corrected chi connectivity index (χ3v) is 13.5. The zero-order valence-corrected chi connectivity index (χ0v) is 37.4. The third kappa shape index (κ3) is 17.9. The molecule has 1 aliphatic rings. The van der Waals surface area contributed by atoms with Crippen LogP contribution in [0.25, 0.3) is 11.2 Å². The van der Waals surface area contributed by atoms with Crippen molar-refractivity contribution in [2.24, 2.45) is 5.41 Å². The van der Waals surface area contributed by atoms with E-state index in [9.17, 15) is 53.1 Å². The lowest BCUT2D eigenvalue weighted by Crippen LogP contribution is -2.46. The number of fused-ring (bicyclic) bond motifs is 1. The Bertz CT molecular complexity index is 1810. The van der Waals surface area contributed by atoms with Crippen LogP contribution < -0.4 is 16.4 Å². The van der Waals surface area contributed by atoms with Crippen LogP contribution in [0.3, 0.4) is 0 Å². The summed E-state index contributed by atoms with van der Waals surface area (Å²) in [6.45, 7) is 3.19. The van der Waals surface area contributed by atoms with Crippen LogP contribution in [-0.2, 0) is 45.9 Å². The predicted molar refractivity (Wildman–Crippen MR) is 219 cm³/mol. The molecule has 2 aromatic heterocycles. The number of aliphatic hydroxyl groups excluding tert-OH is 2. The van der Waals surface area contributed by atoms with Gasteiger partial charge in [-0.05, 0) is 12.2 Å². The number of nitrogens with two attached hydrogens (primary N) is 1. The number of nitrogens with one attached hydrogen (secondary N) is 2. The molecule has 0 radical (unpaired) electrons. The van der Waals surface area contributed by atoms with Crippen LogP contribution >= 0.6 is 35.2 Å². The number of aliphatic hydroxyl groups is 2. The predicted octanol–water partition coefficient (Wildman–Crippen LogP) is 3.06. The summed E-state index contributed by atoms with van der Waals surface area (Å²) in [6, 6.07) is 0. The topological polar surface area (TPSA) is 347 Å². The van der Waals surface area contributed by atoms with Crippen LogP contribution in [0.5, 0.6) is 0 Å². The van der Waals surface area contributed by atoms with Crippen LogP contribution in [0.1, 0.15) is 97.6 Å². The molecule has 1 saturated heterocycles. The van der Waals surface area contributed by atoms with Gasteiger partial charge in [0.1, 0.15) is 36.3 Å². The molecule has 3 heterocycles. The van der Waals surface area contributed by atoms with Crippen LogP contribution in [0.15, 0.2) is 12.7 Å². The second-order valence-corrected chi connectivity index (χ2v) is 20.3. The van der Waals surface area contributed by atoms with Gasteiger partial charge in [-0.25, -0.2) is 28.6 Å². The van der Waals surface area contributed by atoms with E-state index in [1.165, 1.54) is 71.6 Å². The maximum atomic E-state index is 12.7. The highest BCUT2D eigenvalue weighted by molar-refractivity contribution is 7.99. The summed E-state index contributed by atoms with van der Waals surface area (Å²) in [4.78, 5) is 75.9. The molecule has 27 heteroatoms. The Morgan fingerprint density at radius 3 is 2.22 bits per heavy atom. The van der Waals surface area contributed by atoms with Gasteiger partial charge in [0, 0.05) is 30.7 Å². The molecule has 60 heavy (non-hydrogen) atoms. The van der Waals surface area contributed by atoms with Gasteiger partial charge in [0.05, 0.1) is 19.5 Å². The number of unbranched alkanes of at least 4 members (excludes halogenated alkanes) is 9. The fourth-order valence-corrected chi connectivity index (χ4v) is 9.68. The Balaban J connectivity index is 1.37. The van der Waals surface area contributed by atoms with Crippen molar-refractivity contribution in [3.8, 4) is 0 Å². The zero-order chi connectivity index (χ0) is 44.6. The van der Waals surface area contributed by atoms with E-state index in [0.717, 1.165) is 35.1 Å². The standard InChI is InChI=1S/C33H60N7O16P3S/c1-4-5-6-7-8-9-10-11-12-13-17-60-18-16-35-24(41)14-15-36-31(44)28(43)33(2,3)20-53-59(50,51)56-58(48,49)52-19-23-27(55-57(45,46)47)26(42)32(54-23)40-22-39-25-29(34)37-21-38-30(25)40/h21-23,26-28,32,42-43H,4-20H2,1-3H3,(H,35,41)(H,36,44)(H,48,49)(H,50,51)(H2,34,37,38)(H2,45,46,47)/t23-,26-,27-,28?,32-/m1/s1. The van der Waals surface area contributed by atoms with E-state index >= 15 is 0 Å². The number of phosphoric acid groups is 3. The van der Waals surface area contributed by atoms with Crippen molar-refractivity contribution in [3.05, 3.63) is 12.7 Å². The molecule has 1 aliphatic heterocycles. The Morgan fingerprint density at radius 2 is 1.57 bits per heavy atom. The van der Waals surface area contributed by atoms with Crippen LogP contribution in [-0.4, -0.2) is 123 Å². The highest BCUT2D eigenvalue weighted by atomic mass is 32.2. The number of amides is 2. The van der Waals surface area contributed by atoms with Gasteiger partial charge in [0.2, 0.25) is 11.8 Å². The van der Waals surface area contributed by atoms with E-state index in [4.69, 9.17) is 19.5 Å². The Morgan fingerprint density at radius 1 is 0.933 bits per heavy atom. The summed E-state index contributed by atoms with van der Waals surface area (Å²) in [5, 5.41) is 26.7. The summed E-state index contributed by atoms with van der Waals surface area (Å²) in [7, 11) is -16.3. The molecular formula is C33H60N7O16P3S. The van der Waals surface area contributed by atoms with Crippen molar-refractivity contribution >= 4 is 64.0 Å². The van der Waals surface area contributed by atoms with E-state index in [1.807, 2.05) is 0 Å². The number of nitrogen functional groups attached to an aromatic ring is 1. The Kier molecular flexibility index (Phi) is 21.5. The minimum atomic E-state index is -5.55. The second-order valence-electron chi connectivity index (χ2n) is 14.9. The summed E-state index contributed by atoms with van der Waals surface area (Å²) >= 11 is 1.76. The van der Waals surface area contributed by atoms with Gasteiger partial charge in [0.15, 0.2) is 17.7 Å². The number of hydrogen-bond donors (Lipinski definition) is 9. The van der Waals surface area contributed by atoms with Crippen molar-refractivity contribution in [1.29, 1.82) is 0 Å². The third-order valence-electron chi connectivity index (χ3n) is 9.29. The van der Waals surface area contributed by atoms with Crippen molar-refractivity contribution in [3.63, 3.8) is 0 Å². The number of carbonyl (C=O) groups is 2. The Hall–Kier alpha value is -2.11. The first kappa shape index (κ1) is 52.2. The smallest absolute Gasteiger partial charge is 0.386 e. The van der Waals surface area contributed by atoms with E-state index in [2.05, 4.69) is 41.3 Å². The molecule has 2 aromatic rings. The lowest BCUT2D eigenvalue weighted by Gasteiger charge is -2.30. The van der Waals surface area contributed by atoms with Gasteiger partial charge in [-0.1, -0.05) is 78.6 Å². The summed E-state index contributed by atoms with van der Waals surface area (Å²) in [5.74, 6) is 0.527. The lowest BCUT2D eigenvalue weighted by molar-refractivity contribution is -0.137. The van der Waals surface area contributed by atoms with Gasteiger partial charge in [-0.3, -0.25) is 27.7 Å². The van der Waals surface area contributed by atoms with Gasteiger partial charge in [-0.2, -0.15) is 16.1 Å². The molecule has 3 rings (SSSR count). The summed E-state index contributed by atoms with van der Waals surface area (Å²) in [5.41, 5.74) is 4.34. The minimum Gasteiger partial charge on any atom is -0.386 e. The number of nitrogens with zero attached hydrogens (tertiary/aromatic N) is 4. The van der Waals surface area contributed by atoms with Gasteiger partial charge < -0.3 is 50.9 Å². The number of anilines is 1. The van der Waals surface area contributed by atoms with E-state index in [-0.39, 0.29) is 35.9 Å². The zero-order valence-electron chi connectivity index (χ0n) is 33.9. The number of rotatable bonds is 30. The number of thioether (sulfide) groups is 1. The van der Waals surface area contributed by atoms with Gasteiger partial charge >= 0.3 is 23.5 Å². The monoisotopic (exact) mass is 935 g/mol. The van der Waals surface area contributed by atoms with Crippen molar-refractivity contribution < 1.29 is 75.7 Å². The maximum absolute atomic E-state index is 12.7. The maximum Gasteiger partial charge on any atom is 0.481 e. The number of imidazole rings is 1. The number of hydrogen-bond acceptors (Lipinski definition) is 17. The molecule has 23 nitrogen and oxygen atoms in total. The van der Waals surface area contributed by atoms with Gasteiger partial charge in [-0.15, -0.1) is 0 Å². The molecule has 0 spiro atoms. The average Bonchev–Trinajstić information content (AvgIpc) is 3.73. The van der Waals surface area contributed by atoms with E-state index in [1.54, 1.807) is 11.8 Å². The number of aromatic nitrogens is 4. The first-order valence-electron chi connectivity index (χ1n) is 19.6. The molecule has 0 aliphatic carbocycles. The SMILES string of the molecule is CCCCCCCCCCCCSCCNC(=O)CCNC(=O)C(O)C(C)(C)COP(=O)(O)OP(=O)(O)OC[C@H]1O[C@@H](n2cnc3c(N)ncnc32)[C@H](O)[C@@H]1OP(=O)(O)O. The molecule has 0 bridgehead atoms. The molecule has 10 N–H and O–H groups in total. The Labute approximate surface area is 352 Å². The van der Waals surface area contributed by atoms with Crippen molar-refractivity contribution in [2.45, 2.75) is 122 Å². The summed E-state index contributed by atoms with van der Waals surface area (Å²) < 4.78 is 62.3. The molecule has 2 amide bonds. The highest BCUT2D eigenvalue weighted by Crippen LogP contribution is 2.61. The quantitative estimate of drug-likeness (QED) is 0.0401. The normalized spacial score (nSPS) is 21.1. The second kappa shape index (κ2) is 24.7. The molecule has 0 aromatic carbocycles. The molecule has 344 valence electrons. The van der Waals surface area contributed by atoms with Gasteiger partial charge in [0.25, 0.3) is 0 Å². The van der Waals surface area contributed by atoms with Crippen LogP contribution in [0.2, 0.25) is 0 Å². The largest absolute Gasteiger partial charge is 0.481 e. The summed E-state index contributed by atoms with van der Waals surface area (Å²) in [6.07, 6.45) is 6.04. The minimum absolute atomic E-state index is 0.0323. The van der Waals surface area contributed by atoms with E-state index in [0.29, 0.717) is 6.54 Å². The molecule has 3 unspecified atom stereocenters. The van der Waals surface area contributed by atoms with E-state index < -0.39 is 78.6 Å². The van der Waals surface area contributed by atoms with Crippen LogP contribution in [0.4, 0.5) is 5.82 Å². The van der Waals surface area contributed by atoms with Crippen molar-refractivity contribution in [1.82, 2.24) is 30.2 Å². The fraction of sp³-hybridized carbons (Fsp3) is 0.788. The first-order valence-corrected chi connectivity index (χ1v) is 25.3. The van der Waals surface area contributed by atoms with Crippen molar-refractivity contribution in [2.75, 3.05) is 43.5 Å². The average molecular weight is 936 g/mol. The molecule has 0 saturated carbocycles. The number of carbonyl (C=O) groups excluding carboxylic acids is 2. The fourth-order valence-electron chi connectivity index (χ4n) is 6.00. The molecular weight excluding hydrogens is 875 g/mol. The number of ether oxygens (including phenoxy) is 1. The highest BCUT2D eigenvalue weighted by Gasteiger charge is 2.50. The van der Waals surface area contributed by atoms with Crippen LogP contribution in [0, 0.1) is 5.41 Å². The molecule has 7 atom stereocenters. The first-order chi connectivity index (χ1) is 28.2. The number of phosphoric ester groups is 3. The molecule has 1 fully saturated rings.